The Morgan fingerprint density at radius 2 is 0.585 bits per heavy atom. The van der Waals surface area contributed by atoms with Crippen LogP contribution in [0.25, 0.3) is 0 Å². The zero-order valence-electron chi connectivity index (χ0n) is 43.0. The van der Waals surface area contributed by atoms with Gasteiger partial charge in [0.2, 0.25) is 0 Å². The molecule has 0 aromatic rings. The summed E-state index contributed by atoms with van der Waals surface area (Å²) < 4.78 is 16.8. The molecule has 0 aliphatic carbocycles. The van der Waals surface area contributed by atoms with Crippen molar-refractivity contribution in [1.29, 1.82) is 0 Å². The highest BCUT2D eigenvalue weighted by Crippen LogP contribution is 2.15. The van der Waals surface area contributed by atoms with Gasteiger partial charge in [0.1, 0.15) is 13.2 Å². The molecule has 0 fully saturated rings. The molecule has 0 amide bonds. The van der Waals surface area contributed by atoms with E-state index in [2.05, 4.69) is 81.5 Å². The largest absolute Gasteiger partial charge is 0.462 e. The van der Waals surface area contributed by atoms with Crippen molar-refractivity contribution in [2.45, 2.75) is 284 Å². The molecule has 6 heteroatoms. The highest BCUT2D eigenvalue weighted by Gasteiger charge is 2.19. The van der Waals surface area contributed by atoms with E-state index in [0.717, 1.165) is 96.3 Å². The Balaban J connectivity index is 4.39. The van der Waals surface area contributed by atoms with Crippen molar-refractivity contribution >= 4 is 17.9 Å². The Morgan fingerprint density at radius 3 is 0.954 bits per heavy atom. The SMILES string of the molecule is CCC/C=C\C/C=C\CCCCCCCC(=O)OCC(COC(=O)CCCCCCCCC/C=C\C/C=C\CCCCC)OC(=O)CCCCCCCCC/C=C\CCCCCCCC. The summed E-state index contributed by atoms with van der Waals surface area (Å²) in [6.45, 7) is 6.54. The third-order valence-electron chi connectivity index (χ3n) is 11.9. The van der Waals surface area contributed by atoms with E-state index in [4.69, 9.17) is 14.2 Å². The lowest BCUT2D eigenvalue weighted by Crippen LogP contribution is -2.30. The van der Waals surface area contributed by atoms with Gasteiger partial charge < -0.3 is 14.2 Å². The highest BCUT2D eigenvalue weighted by atomic mass is 16.6. The lowest BCUT2D eigenvalue weighted by atomic mass is 10.1. The van der Waals surface area contributed by atoms with Crippen molar-refractivity contribution in [2.24, 2.45) is 0 Å². The minimum atomic E-state index is -0.785. The summed E-state index contributed by atoms with van der Waals surface area (Å²) in [5.41, 5.74) is 0. The summed E-state index contributed by atoms with van der Waals surface area (Å²) >= 11 is 0. The van der Waals surface area contributed by atoms with Crippen LogP contribution in [0.4, 0.5) is 0 Å². The minimum Gasteiger partial charge on any atom is -0.462 e. The van der Waals surface area contributed by atoms with Crippen LogP contribution in [0.3, 0.4) is 0 Å². The highest BCUT2D eigenvalue weighted by molar-refractivity contribution is 5.71. The molecule has 0 rings (SSSR count). The number of carbonyl (C=O) groups excluding carboxylic acids is 3. The fourth-order valence-corrected chi connectivity index (χ4v) is 7.74. The van der Waals surface area contributed by atoms with E-state index in [1.165, 1.54) is 141 Å². The van der Waals surface area contributed by atoms with E-state index >= 15 is 0 Å². The second-order valence-corrected chi connectivity index (χ2v) is 18.5. The number of carbonyl (C=O) groups is 3. The Kier molecular flexibility index (Phi) is 51.3. The van der Waals surface area contributed by atoms with Crippen LogP contribution < -0.4 is 0 Å². The minimum absolute atomic E-state index is 0.0841. The number of rotatable bonds is 50. The molecule has 0 aliphatic rings. The van der Waals surface area contributed by atoms with Crippen LogP contribution in [0.5, 0.6) is 0 Å². The van der Waals surface area contributed by atoms with Gasteiger partial charge in [0.25, 0.3) is 0 Å². The number of hydrogen-bond donors (Lipinski definition) is 0. The average Bonchev–Trinajstić information content (AvgIpc) is 3.30. The van der Waals surface area contributed by atoms with Gasteiger partial charge in [0.15, 0.2) is 6.10 Å². The molecule has 0 heterocycles. The maximum atomic E-state index is 12.8. The van der Waals surface area contributed by atoms with Gasteiger partial charge in [0, 0.05) is 19.3 Å². The van der Waals surface area contributed by atoms with Gasteiger partial charge in [-0.15, -0.1) is 0 Å². The Morgan fingerprint density at radius 1 is 0.308 bits per heavy atom. The van der Waals surface area contributed by atoms with Crippen LogP contribution in [0.2, 0.25) is 0 Å². The summed E-state index contributed by atoms with van der Waals surface area (Å²) in [5.74, 6) is -0.902. The second kappa shape index (κ2) is 53.7. The third kappa shape index (κ3) is 51.9. The van der Waals surface area contributed by atoms with Crippen molar-refractivity contribution in [3.8, 4) is 0 Å². The predicted molar refractivity (Wildman–Crippen MR) is 279 cm³/mol. The van der Waals surface area contributed by atoms with Gasteiger partial charge in [-0.2, -0.15) is 0 Å². The smallest absolute Gasteiger partial charge is 0.306 e. The standard InChI is InChI=1S/C59H104O6/c1-4-7-10-13-16-19-22-25-27-29-31-34-37-40-43-46-49-52-58(61)64-55-56(54-63-57(60)51-48-45-42-39-36-33-24-21-18-15-12-9-6-3)65-59(62)53-50-47-44-41-38-35-32-30-28-26-23-20-17-14-11-8-5-2/h12,15-16,19,21,24-28,56H,4-11,13-14,17-18,20,22-23,29-55H2,1-3H3/b15-12-,19-16-,24-21-,27-25-,28-26-. The van der Waals surface area contributed by atoms with Gasteiger partial charge in [0.05, 0.1) is 0 Å². The molecule has 376 valence electrons. The molecular formula is C59H104O6. The van der Waals surface area contributed by atoms with Crippen molar-refractivity contribution < 1.29 is 28.6 Å². The molecule has 0 saturated heterocycles. The molecule has 1 atom stereocenters. The molecule has 0 aromatic carbocycles. The lowest BCUT2D eigenvalue weighted by molar-refractivity contribution is -0.167. The average molecular weight is 909 g/mol. The van der Waals surface area contributed by atoms with Gasteiger partial charge in [-0.05, 0) is 103 Å². The third-order valence-corrected chi connectivity index (χ3v) is 11.9. The summed E-state index contributed by atoms with van der Waals surface area (Å²) in [4.78, 5) is 38.1. The Labute approximate surface area is 402 Å². The van der Waals surface area contributed by atoms with Gasteiger partial charge >= 0.3 is 17.9 Å². The van der Waals surface area contributed by atoms with Crippen LogP contribution >= 0.6 is 0 Å². The van der Waals surface area contributed by atoms with Crippen molar-refractivity contribution in [3.63, 3.8) is 0 Å². The molecular weight excluding hydrogens is 805 g/mol. The summed E-state index contributed by atoms with van der Waals surface area (Å²) in [6, 6.07) is 0. The van der Waals surface area contributed by atoms with Crippen molar-refractivity contribution in [1.82, 2.24) is 0 Å². The number of ether oxygens (including phenoxy) is 3. The molecule has 0 saturated carbocycles. The first-order chi connectivity index (χ1) is 32.0. The summed E-state index contributed by atoms with van der Waals surface area (Å²) in [5, 5.41) is 0. The first-order valence-corrected chi connectivity index (χ1v) is 27.8. The molecule has 65 heavy (non-hydrogen) atoms. The molecule has 0 spiro atoms. The predicted octanol–water partition coefficient (Wildman–Crippen LogP) is 18.4. The van der Waals surface area contributed by atoms with E-state index < -0.39 is 6.10 Å². The van der Waals surface area contributed by atoms with Crippen LogP contribution in [0.1, 0.15) is 278 Å². The molecule has 0 aliphatic heterocycles. The van der Waals surface area contributed by atoms with Crippen LogP contribution in [-0.2, 0) is 28.6 Å². The quantitative estimate of drug-likeness (QED) is 0.0262. The molecule has 0 bridgehead atoms. The van der Waals surface area contributed by atoms with Crippen LogP contribution in [0, 0.1) is 0 Å². The normalized spacial score (nSPS) is 12.5. The number of unbranched alkanes of at least 4 members (excludes halogenated alkanes) is 29. The van der Waals surface area contributed by atoms with Crippen LogP contribution in [-0.4, -0.2) is 37.2 Å². The number of hydrogen-bond acceptors (Lipinski definition) is 6. The van der Waals surface area contributed by atoms with E-state index in [1.807, 2.05) is 0 Å². The first kappa shape index (κ1) is 62.1. The molecule has 0 aromatic heterocycles. The van der Waals surface area contributed by atoms with Crippen LogP contribution in [0.15, 0.2) is 60.8 Å². The summed E-state index contributed by atoms with van der Waals surface area (Å²) in [6.07, 6.45) is 66.3. The van der Waals surface area contributed by atoms with E-state index in [0.29, 0.717) is 19.3 Å². The molecule has 6 nitrogen and oxygen atoms in total. The molecule has 0 N–H and O–H groups in total. The fraction of sp³-hybridized carbons (Fsp3) is 0.780. The Hall–Kier alpha value is -2.89. The maximum absolute atomic E-state index is 12.8. The molecule has 1 unspecified atom stereocenters. The monoisotopic (exact) mass is 909 g/mol. The topological polar surface area (TPSA) is 78.9 Å². The van der Waals surface area contributed by atoms with Crippen molar-refractivity contribution in [2.75, 3.05) is 13.2 Å². The lowest BCUT2D eigenvalue weighted by Gasteiger charge is -2.18. The second-order valence-electron chi connectivity index (χ2n) is 18.5. The zero-order chi connectivity index (χ0) is 47.2. The van der Waals surface area contributed by atoms with Gasteiger partial charge in [-0.3, -0.25) is 14.4 Å². The maximum Gasteiger partial charge on any atom is 0.306 e. The van der Waals surface area contributed by atoms with Gasteiger partial charge in [-0.1, -0.05) is 216 Å². The zero-order valence-corrected chi connectivity index (χ0v) is 43.0. The van der Waals surface area contributed by atoms with E-state index in [9.17, 15) is 14.4 Å². The fourth-order valence-electron chi connectivity index (χ4n) is 7.74. The number of esters is 3. The number of allylic oxidation sites excluding steroid dienone is 10. The summed E-state index contributed by atoms with van der Waals surface area (Å²) in [7, 11) is 0. The first-order valence-electron chi connectivity index (χ1n) is 27.8. The van der Waals surface area contributed by atoms with Crippen molar-refractivity contribution in [3.05, 3.63) is 60.8 Å². The van der Waals surface area contributed by atoms with Gasteiger partial charge in [-0.25, -0.2) is 0 Å². The molecule has 0 radical (unpaired) electrons. The van der Waals surface area contributed by atoms with E-state index in [1.54, 1.807) is 0 Å². The van der Waals surface area contributed by atoms with E-state index in [-0.39, 0.29) is 31.1 Å². The Bertz CT molecular complexity index is 1180.